The van der Waals surface area contributed by atoms with Crippen LogP contribution in [0.1, 0.15) is 37.0 Å². The van der Waals surface area contributed by atoms with Gasteiger partial charge in [0.15, 0.2) is 0 Å². The quantitative estimate of drug-likeness (QED) is 0.719. The van der Waals surface area contributed by atoms with Crippen LogP contribution in [0.15, 0.2) is 27.6 Å². The monoisotopic (exact) mass is 411 g/mol. The Hall–Kier alpha value is -3.61. The summed E-state index contributed by atoms with van der Waals surface area (Å²) in [4.78, 5) is 46.5. The Labute approximate surface area is 171 Å². The average Bonchev–Trinajstić information content (AvgIpc) is 3.27. The van der Waals surface area contributed by atoms with Crippen molar-refractivity contribution in [1.29, 1.82) is 5.26 Å². The zero-order chi connectivity index (χ0) is 21.3. The van der Waals surface area contributed by atoms with Gasteiger partial charge in [-0.05, 0) is 31.9 Å². The second kappa shape index (κ2) is 8.02. The van der Waals surface area contributed by atoms with Crippen molar-refractivity contribution in [2.45, 2.75) is 25.7 Å². The summed E-state index contributed by atoms with van der Waals surface area (Å²) in [5, 5.41) is 12.1. The minimum absolute atomic E-state index is 0.124. The molecule has 0 spiro atoms. The van der Waals surface area contributed by atoms with Crippen molar-refractivity contribution in [1.82, 2.24) is 9.97 Å². The molecule has 156 valence electrons. The molecule has 30 heavy (non-hydrogen) atoms. The molecule has 10 heteroatoms. The van der Waals surface area contributed by atoms with E-state index in [9.17, 15) is 19.6 Å². The number of carbonyl (C=O) groups excluding carboxylic acids is 2. The number of ether oxygens (including phenoxy) is 1. The van der Waals surface area contributed by atoms with E-state index in [1.54, 1.807) is 19.1 Å². The van der Waals surface area contributed by atoms with Gasteiger partial charge < -0.3 is 19.4 Å². The number of aromatic nitrogens is 2. The number of nitriles is 1. The van der Waals surface area contributed by atoms with Crippen molar-refractivity contribution in [3.63, 3.8) is 0 Å². The Morgan fingerprint density at radius 3 is 2.80 bits per heavy atom. The number of anilines is 2. The number of fused-ring (bicyclic) bond motifs is 1. The number of amides is 1. The molecule has 1 fully saturated rings. The Balaban J connectivity index is 1.63. The summed E-state index contributed by atoms with van der Waals surface area (Å²) in [6.07, 6.45) is 2.59. The molecule has 4 rings (SSSR count). The van der Waals surface area contributed by atoms with Crippen LogP contribution < -0.4 is 15.8 Å². The van der Waals surface area contributed by atoms with Crippen LogP contribution in [-0.4, -0.2) is 41.5 Å². The second-order valence-electron chi connectivity index (χ2n) is 7.25. The fourth-order valence-electron chi connectivity index (χ4n) is 4.01. The average molecular weight is 411 g/mol. The van der Waals surface area contributed by atoms with Crippen LogP contribution in [0, 0.1) is 23.2 Å². The molecular formula is C20H21N5O5. The van der Waals surface area contributed by atoms with E-state index in [0.717, 1.165) is 0 Å². The molecule has 0 saturated carbocycles. The number of nitrogens with one attached hydrogen (secondary N) is 2. The molecule has 2 aliphatic rings. The predicted octanol–water partition coefficient (Wildman–Crippen LogP) is 1.37. The molecule has 2 aliphatic heterocycles. The number of H-pyrrole nitrogens is 1. The highest BCUT2D eigenvalue weighted by Crippen LogP contribution is 2.38. The molecular weight excluding hydrogens is 390 g/mol. The third-order valence-corrected chi connectivity index (χ3v) is 5.51. The largest absolute Gasteiger partial charge is 0.469 e. The molecule has 1 saturated heterocycles. The number of hydrogen-bond donors (Lipinski definition) is 2. The van der Waals surface area contributed by atoms with Crippen molar-refractivity contribution in [2.24, 2.45) is 11.8 Å². The number of rotatable bonds is 4. The first kappa shape index (κ1) is 19.7. The van der Waals surface area contributed by atoms with Crippen LogP contribution in [-0.2, 0) is 14.3 Å². The molecule has 4 heterocycles. The summed E-state index contributed by atoms with van der Waals surface area (Å²) in [6.45, 7) is 3.15. The summed E-state index contributed by atoms with van der Waals surface area (Å²) in [5.74, 6) is -2.06. The molecule has 0 aromatic carbocycles. The Bertz CT molecular complexity index is 1050. The summed E-state index contributed by atoms with van der Waals surface area (Å²) in [7, 11) is 0. The highest BCUT2D eigenvalue weighted by atomic mass is 16.5. The van der Waals surface area contributed by atoms with Crippen molar-refractivity contribution in [2.75, 3.05) is 29.9 Å². The number of nitrogens with zero attached hydrogens (tertiary/aromatic N) is 3. The van der Waals surface area contributed by atoms with Crippen molar-refractivity contribution in [3.05, 3.63) is 40.1 Å². The maximum absolute atomic E-state index is 13.0. The predicted molar refractivity (Wildman–Crippen MR) is 105 cm³/mol. The summed E-state index contributed by atoms with van der Waals surface area (Å²) in [6, 6.07) is 5.23. The number of carbonyl (C=O) groups is 2. The fourth-order valence-corrected chi connectivity index (χ4v) is 4.01. The number of piperidine rings is 1. The summed E-state index contributed by atoms with van der Waals surface area (Å²) < 4.78 is 10.5. The second-order valence-corrected chi connectivity index (χ2v) is 7.25. The molecule has 2 N–H and O–H groups in total. The van der Waals surface area contributed by atoms with Crippen LogP contribution >= 0.6 is 0 Å². The normalized spacial score (nSPS) is 21.5. The van der Waals surface area contributed by atoms with Gasteiger partial charge in [0.1, 0.15) is 17.5 Å². The first-order valence-corrected chi connectivity index (χ1v) is 9.83. The number of aromatic amines is 1. The minimum Gasteiger partial charge on any atom is -0.469 e. The van der Waals surface area contributed by atoms with Crippen molar-refractivity contribution in [3.8, 4) is 6.07 Å². The molecule has 2 aromatic rings. The lowest BCUT2D eigenvalue weighted by atomic mass is 9.82. The van der Waals surface area contributed by atoms with Gasteiger partial charge in [-0.3, -0.25) is 19.4 Å². The third-order valence-electron chi connectivity index (χ3n) is 5.51. The van der Waals surface area contributed by atoms with E-state index in [-0.39, 0.29) is 23.3 Å². The topological polar surface area (TPSA) is 141 Å². The van der Waals surface area contributed by atoms with E-state index >= 15 is 0 Å². The van der Waals surface area contributed by atoms with Gasteiger partial charge in [-0.1, -0.05) is 0 Å². The van der Waals surface area contributed by atoms with Gasteiger partial charge in [0.25, 0.3) is 5.56 Å². The zero-order valence-corrected chi connectivity index (χ0v) is 16.4. The smallest absolute Gasteiger partial charge is 0.309 e. The van der Waals surface area contributed by atoms with E-state index < -0.39 is 23.3 Å². The Kier molecular flexibility index (Phi) is 5.27. The van der Waals surface area contributed by atoms with Gasteiger partial charge in [0.2, 0.25) is 11.9 Å². The van der Waals surface area contributed by atoms with Crippen molar-refractivity contribution < 1.29 is 18.7 Å². The van der Waals surface area contributed by atoms with E-state index in [4.69, 9.17) is 9.15 Å². The van der Waals surface area contributed by atoms with Gasteiger partial charge in [-0.15, -0.1) is 0 Å². The van der Waals surface area contributed by atoms with E-state index in [1.165, 1.54) is 6.26 Å². The van der Waals surface area contributed by atoms with Crippen LogP contribution in [0.5, 0.6) is 0 Å². The molecule has 0 bridgehead atoms. The van der Waals surface area contributed by atoms with Crippen LogP contribution in [0.4, 0.5) is 11.8 Å². The summed E-state index contributed by atoms with van der Waals surface area (Å²) >= 11 is 0. The van der Waals surface area contributed by atoms with Gasteiger partial charge in [0, 0.05) is 13.1 Å². The van der Waals surface area contributed by atoms with E-state index in [1.807, 2.05) is 11.0 Å². The molecule has 2 atom stereocenters. The Morgan fingerprint density at radius 2 is 2.17 bits per heavy atom. The fraction of sp³-hybridized carbons (Fsp3) is 0.450. The van der Waals surface area contributed by atoms with Gasteiger partial charge in [-0.25, -0.2) is 0 Å². The van der Waals surface area contributed by atoms with Crippen molar-refractivity contribution >= 4 is 23.6 Å². The molecule has 0 aliphatic carbocycles. The third kappa shape index (κ3) is 3.43. The van der Waals surface area contributed by atoms with Gasteiger partial charge in [-0.2, -0.15) is 10.2 Å². The maximum atomic E-state index is 13.0. The van der Waals surface area contributed by atoms with Crippen LogP contribution in [0.3, 0.4) is 0 Å². The molecule has 2 aromatic heterocycles. The molecule has 0 radical (unpaired) electrons. The molecule has 10 nitrogen and oxygen atoms in total. The number of hydrogen-bond acceptors (Lipinski definition) is 8. The van der Waals surface area contributed by atoms with E-state index in [0.29, 0.717) is 44.2 Å². The van der Waals surface area contributed by atoms with Gasteiger partial charge in [0.05, 0.1) is 36.3 Å². The molecule has 2 unspecified atom stereocenters. The Morgan fingerprint density at radius 1 is 1.40 bits per heavy atom. The summed E-state index contributed by atoms with van der Waals surface area (Å²) in [5.41, 5.74) is -0.245. The molecule has 1 amide bonds. The lowest BCUT2D eigenvalue weighted by molar-refractivity contribution is -0.148. The first-order chi connectivity index (χ1) is 14.5. The number of furan rings is 1. The highest BCUT2D eigenvalue weighted by molar-refractivity contribution is 5.97. The maximum Gasteiger partial charge on any atom is 0.309 e. The SMILES string of the molecule is CCOC(=O)C1CCN(c2nc3c(c(=O)[nH]2)C(c2ccco2)C(C#N)C(=O)N3)CC1. The standard InChI is InChI=1S/C20H21N5O5/c1-2-29-19(28)11-5-7-25(8-6-11)20-23-16-15(18(27)24-20)14(13-4-3-9-30-13)12(10-21)17(26)22-16/h3-4,9,11-12,14H,2,5-8H2,1H3,(H2,22,23,24,26,27). The lowest BCUT2D eigenvalue weighted by Gasteiger charge is -2.32. The zero-order valence-electron chi connectivity index (χ0n) is 16.4. The lowest BCUT2D eigenvalue weighted by Crippen LogP contribution is -2.41. The van der Waals surface area contributed by atoms with Crippen LogP contribution in [0.2, 0.25) is 0 Å². The first-order valence-electron chi connectivity index (χ1n) is 9.83. The number of esters is 1. The van der Waals surface area contributed by atoms with Gasteiger partial charge >= 0.3 is 5.97 Å². The van der Waals surface area contributed by atoms with E-state index in [2.05, 4.69) is 15.3 Å². The van der Waals surface area contributed by atoms with Crippen LogP contribution in [0.25, 0.3) is 0 Å². The highest BCUT2D eigenvalue weighted by Gasteiger charge is 2.42. The minimum atomic E-state index is -1.10.